The third-order valence-corrected chi connectivity index (χ3v) is 2.10. The Kier molecular flexibility index (Phi) is 4.52. The van der Waals surface area contributed by atoms with Gasteiger partial charge in [-0.05, 0) is 13.0 Å². The molecule has 1 heterocycles. The van der Waals surface area contributed by atoms with Crippen molar-refractivity contribution in [2.75, 3.05) is 13.7 Å². The molecule has 1 aromatic heterocycles. The molecule has 0 bridgehead atoms. The minimum atomic E-state index is -4.56. The maximum Gasteiger partial charge on any atom is 0.433 e. The third-order valence-electron chi connectivity index (χ3n) is 2.10. The molecule has 0 fully saturated rings. The molecule has 0 saturated heterocycles. The van der Waals surface area contributed by atoms with Gasteiger partial charge in [-0.1, -0.05) is 0 Å². The highest BCUT2D eigenvalue weighted by molar-refractivity contribution is 5.73. The van der Waals surface area contributed by atoms with Crippen LogP contribution in [0.2, 0.25) is 0 Å². The number of carbonyl (C=O) groups is 1. The number of rotatable bonds is 4. The summed E-state index contributed by atoms with van der Waals surface area (Å²) in [6.07, 6.45) is -3.91. The summed E-state index contributed by atoms with van der Waals surface area (Å²) in [5.41, 5.74) is -0.971. The van der Waals surface area contributed by atoms with E-state index in [1.165, 1.54) is 7.11 Å². The van der Waals surface area contributed by atoms with Crippen LogP contribution in [-0.2, 0) is 22.1 Å². The van der Waals surface area contributed by atoms with Gasteiger partial charge in [0.25, 0.3) is 0 Å². The van der Waals surface area contributed by atoms with E-state index in [9.17, 15) is 18.0 Å². The van der Waals surface area contributed by atoms with Gasteiger partial charge in [0.2, 0.25) is 0 Å². The Hall–Kier alpha value is -1.79. The molecule has 0 N–H and O–H groups in total. The van der Waals surface area contributed by atoms with E-state index in [4.69, 9.17) is 4.74 Å². The Morgan fingerprint density at radius 1 is 1.44 bits per heavy atom. The maximum absolute atomic E-state index is 12.5. The Morgan fingerprint density at radius 2 is 2.11 bits per heavy atom. The monoisotopic (exact) mass is 263 g/mol. The molecule has 0 radical (unpaired) electrons. The minimum absolute atomic E-state index is 0.0956. The molecule has 0 spiro atoms. The summed E-state index contributed by atoms with van der Waals surface area (Å²) in [6.45, 7) is 1.78. The molecule has 0 aromatic carbocycles. The molecule has 0 atom stereocenters. The molecule has 0 unspecified atom stereocenters. The number of hydrogen-bond donors (Lipinski definition) is 0. The van der Waals surface area contributed by atoms with Gasteiger partial charge >= 0.3 is 12.1 Å². The molecule has 0 aliphatic rings. The number of pyridine rings is 1. The van der Waals surface area contributed by atoms with E-state index < -0.39 is 17.8 Å². The van der Waals surface area contributed by atoms with Crippen molar-refractivity contribution in [3.63, 3.8) is 0 Å². The predicted molar refractivity (Wildman–Crippen MR) is 56.1 cm³/mol. The largest absolute Gasteiger partial charge is 0.495 e. The number of methoxy groups -OCH3 is 1. The smallest absolute Gasteiger partial charge is 0.433 e. The number of nitrogens with zero attached hydrogens (tertiary/aromatic N) is 1. The molecule has 100 valence electrons. The second-order valence-corrected chi connectivity index (χ2v) is 3.36. The fraction of sp³-hybridized carbons (Fsp3) is 0.455. The predicted octanol–water partition coefficient (Wildman–Crippen LogP) is 2.21. The molecule has 7 heteroatoms. The van der Waals surface area contributed by atoms with Crippen molar-refractivity contribution >= 4 is 5.97 Å². The molecule has 4 nitrogen and oxygen atoms in total. The van der Waals surface area contributed by atoms with Crippen molar-refractivity contribution in [3.05, 3.63) is 23.5 Å². The lowest BCUT2D eigenvalue weighted by atomic mass is 10.1. The van der Waals surface area contributed by atoms with E-state index in [0.29, 0.717) is 0 Å². The molecule has 0 aliphatic heterocycles. The number of alkyl halides is 3. The van der Waals surface area contributed by atoms with Gasteiger partial charge in [0.1, 0.15) is 11.4 Å². The van der Waals surface area contributed by atoms with Crippen LogP contribution in [0.5, 0.6) is 5.75 Å². The Morgan fingerprint density at radius 3 is 2.61 bits per heavy atom. The van der Waals surface area contributed by atoms with Gasteiger partial charge in [0.05, 0.1) is 26.3 Å². The van der Waals surface area contributed by atoms with E-state index in [0.717, 1.165) is 12.3 Å². The Labute approximate surface area is 102 Å². The van der Waals surface area contributed by atoms with Crippen LogP contribution in [0.25, 0.3) is 0 Å². The molecule has 0 amide bonds. The van der Waals surface area contributed by atoms with E-state index >= 15 is 0 Å². The summed E-state index contributed by atoms with van der Waals surface area (Å²) in [4.78, 5) is 14.5. The second-order valence-electron chi connectivity index (χ2n) is 3.36. The highest BCUT2D eigenvalue weighted by Crippen LogP contribution is 2.30. The number of ether oxygens (including phenoxy) is 2. The van der Waals surface area contributed by atoms with Crippen LogP contribution in [0, 0.1) is 0 Å². The number of halogens is 3. The zero-order valence-corrected chi connectivity index (χ0v) is 9.87. The fourth-order valence-electron chi connectivity index (χ4n) is 1.33. The summed E-state index contributed by atoms with van der Waals surface area (Å²) >= 11 is 0. The highest BCUT2D eigenvalue weighted by Gasteiger charge is 2.33. The molecule has 1 aromatic rings. The first-order valence-corrected chi connectivity index (χ1v) is 5.14. The van der Waals surface area contributed by atoms with Crippen LogP contribution in [0.4, 0.5) is 13.2 Å². The lowest BCUT2D eigenvalue weighted by Crippen LogP contribution is -2.12. The molecule has 1 rings (SSSR count). The first-order valence-electron chi connectivity index (χ1n) is 5.14. The quantitative estimate of drug-likeness (QED) is 0.781. The standard InChI is InChI=1S/C11H12F3NO3/c1-3-18-10(16)5-7-4-9(11(12,13)14)15-6-8(7)17-2/h4,6H,3,5H2,1-2H3. The summed E-state index contributed by atoms with van der Waals surface area (Å²) < 4.78 is 46.9. The number of aromatic nitrogens is 1. The Bertz CT molecular complexity index is 432. The fourth-order valence-corrected chi connectivity index (χ4v) is 1.33. The normalized spacial score (nSPS) is 11.2. The SMILES string of the molecule is CCOC(=O)Cc1cc(C(F)(F)F)ncc1OC. The van der Waals surface area contributed by atoms with Gasteiger partial charge in [0, 0.05) is 5.56 Å². The third kappa shape index (κ3) is 3.61. The maximum atomic E-state index is 12.5. The van der Waals surface area contributed by atoms with Gasteiger partial charge < -0.3 is 9.47 Å². The zero-order chi connectivity index (χ0) is 13.8. The van der Waals surface area contributed by atoms with Crippen LogP contribution >= 0.6 is 0 Å². The molecular weight excluding hydrogens is 251 g/mol. The van der Waals surface area contributed by atoms with E-state index in [-0.39, 0.29) is 24.3 Å². The topological polar surface area (TPSA) is 48.4 Å². The van der Waals surface area contributed by atoms with Crippen molar-refractivity contribution in [3.8, 4) is 5.75 Å². The summed E-state index contributed by atoms with van der Waals surface area (Å²) in [7, 11) is 1.29. The van der Waals surface area contributed by atoms with Crippen molar-refractivity contribution in [1.82, 2.24) is 4.98 Å². The first-order chi connectivity index (χ1) is 8.38. The van der Waals surface area contributed by atoms with Crippen molar-refractivity contribution in [2.24, 2.45) is 0 Å². The van der Waals surface area contributed by atoms with Crippen LogP contribution in [-0.4, -0.2) is 24.7 Å². The van der Waals surface area contributed by atoms with Gasteiger partial charge in [-0.2, -0.15) is 13.2 Å². The Balaban J connectivity index is 3.03. The highest BCUT2D eigenvalue weighted by atomic mass is 19.4. The zero-order valence-electron chi connectivity index (χ0n) is 9.87. The average molecular weight is 263 g/mol. The lowest BCUT2D eigenvalue weighted by Gasteiger charge is -2.11. The first kappa shape index (κ1) is 14.3. The van der Waals surface area contributed by atoms with Crippen molar-refractivity contribution in [2.45, 2.75) is 19.5 Å². The van der Waals surface area contributed by atoms with Gasteiger partial charge in [0.15, 0.2) is 0 Å². The van der Waals surface area contributed by atoms with Gasteiger partial charge in [-0.3, -0.25) is 4.79 Å². The summed E-state index contributed by atoms with van der Waals surface area (Å²) in [6, 6.07) is 0.787. The van der Waals surface area contributed by atoms with Crippen molar-refractivity contribution in [1.29, 1.82) is 0 Å². The number of hydrogen-bond acceptors (Lipinski definition) is 4. The molecule has 0 saturated carbocycles. The van der Waals surface area contributed by atoms with Crippen LogP contribution in [0.15, 0.2) is 12.3 Å². The van der Waals surface area contributed by atoms with Crippen LogP contribution < -0.4 is 4.74 Å². The molecule has 0 aliphatic carbocycles. The molecular formula is C11H12F3NO3. The van der Waals surface area contributed by atoms with E-state index in [1.54, 1.807) is 6.92 Å². The summed E-state index contributed by atoms with van der Waals surface area (Å²) in [5.74, 6) is -0.494. The van der Waals surface area contributed by atoms with Crippen molar-refractivity contribution < 1.29 is 27.4 Å². The van der Waals surface area contributed by atoms with Crippen LogP contribution in [0.3, 0.4) is 0 Å². The molecule has 18 heavy (non-hydrogen) atoms. The van der Waals surface area contributed by atoms with Crippen LogP contribution in [0.1, 0.15) is 18.2 Å². The van der Waals surface area contributed by atoms with Gasteiger partial charge in [-0.25, -0.2) is 4.98 Å². The van der Waals surface area contributed by atoms with E-state index in [1.807, 2.05) is 0 Å². The van der Waals surface area contributed by atoms with E-state index in [2.05, 4.69) is 9.72 Å². The average Bonchev–Trinajstić information content (AvgIpc) is 2.28. The number of esters is 1. The second kappa shape index (κ2) is 5.70. The minimum Gasteiger partial charge on any atom is -0.495 e. The lowest BCUT2D eigenvalue weighted by molar-refractivity contribution is -0.143. The van der Waals surface area contributed by atoms with Gasteiger partial charge in [-0.15, -0.1) is 0 Å². The number of carbonyl (C=O) groups excluding carboxylic acids is 1. The summed E-state index contributed by atoms with van der Waals surface area (Å²) in [5, 5.41) is 0.